The van der Waals surface area contributed by atoms with Crippen molar-refractivity contribution < 1.29 is 9.59 Å². The zero-order valence-electron chi connectivity index (χ0n) is 16.2. The van der Waals surface area contributed by atoms with Crippen molar-refractivity contribution in [1.29, 1.82) is 0 Å². The molecule has 0 radical (unpaired) electrons. The number of carbonyl (C=O) groups excluding carboxylic acids is 2. The summed E-state index contributed by atoms with van der Waals surface area (Å²) in [5, 5.41) is 5.59. The lowest BCUT2D eigenvalue weighted by Gasteiger charge is -2.19. The zero-order valence-corrected chi connectivity index (χ0v) is 18.5. The maximum absolute atomic E-state index is 12.6. The smallest absolute Gasteiger partial charge is 0.257 e. The summed E-state index contributed by atoms with van der Waals surface area (Å²) in [7, 11) is 0. The number of thiophene rings is 1. The van der Waals surface area contributed by atoms with Crippen molar-refractivity contribution in [2.45, 2.75) is 26.2 Å². The largest absolute Gasteiger partial charge is 0.365 e. The minimum absolute atomic E-state index is 0.0245. The van der Waals surface area contributed by atoms with E-state index in [-0.39, 0.29) is 21.6 Å². The topological polar surface area (TPSA) is 72.2 Å². The van der Waals surface area contributed by atoms with Crippen molar-refractivity contribution in [3.8, 4) is 11.1 Å². The van der Waals surface area contributed by atoms with E-state index in [2.05, 4.69) is 26.1 Å². The first kappa shape index (κ1) is 21.4. The number of primary amides is 1. The van der Waals surface area contributed by atoms with Gasteiger partial charge in [-0.3, -0.25) is 9.59 Å². The number of rotatable bonds is 4. The minimum atomic E-state index is -0.612. The van der Waals surface area contributed by atoms with Crippen LogP contribution < -0.4 is 11.1 Å². The maximum Gasteiger partial charge on any atom is 0.257 e. The van der Waals surface area contributed by atoms with Gasteiger partial charge in [-0.2, -0.15) is 0 Å². The summed E-state index contributed by atoms with van der Waals surface area (Å²) in [6.45, 7) is 6.41. The van der Waals surface area contributed by atoms with E-state index in [1.807, 2.05) is 29.6 Å². The molecule has 1 aromatic heterocycles. The molecule has 2 aromatic carbocycles. The van der Waals surface area contributed by atoms with Crippen LogP contribution in [0.25, 0.3) is 11.1 Å². The highest BCUT2D eigenvalue weighted by atomic mass is 35.5. The summed E-state index contributed by atoms with van der Waals surface area (Å²) in [6.07, 6.45) is 0. The lowest BCUT2D eigenvalue weighted by Crippen LogP contribution is -2.17. The van der Waals surface area contributed by atoms with Crippen LogP contribution in [0.3, 0.4) is 0 Å². The molecule has 0 aliphatic rings. The van der Waals surface area contributed by atoms with Gasteiger partial charge in [0.15, 0.2) is 0 Å². The standard InChI is InChI=1S/C22H20Cl2N2O2S/c1-22(2,3)13-6-4-12(5-7-13)16-11-29-21(18(16)19(25)27)26-20(28)15-9-8-14(23)10-17(15)24/h4-11H,1-3H3,(H2,25,27)(H,26,28). The molecule has 0 aliphatic carbocycles. The van der Waals surface area contributed by atoms with E-state index >= 15 is 0 Å². The molecule has 0 atom stereocenters. The van der Waals surface area contributed by atoms with Gasteiger partial charge in [-0.1, -0.05) is 68.2 Å². The van der Waals surface area contributed by atoms with Crippen molar-refractivity contribution in [3.63, 3.8) is 0 Å². The van der Waals surface area contributed by atoms with Crippen LogP contribution in [0.2, 0.25) is 10.0 Å². The summed E-state index contributed by atoms with van der Waals surface area (Å²) in [4.78, 5) is 24.8. The molecule has 7 heteroatoms. The van der Waals surface area contributed by atoms with Crippen LogP contribution in [0.5, 0.6) is 0 Å². The zero-order chi connectivity index (χ0) is 21.3. The lowest BCUT2D eigenvalue weighted by atomic mass is 9.86. The summed E-state index contributed by atoms with van der Waals surface area (Å²) in [5.74, 6) is -1.05. The van der Waals surface area contributed by atoms with Crippen molar-refractivity contribution >= 4 is 51.4 Å². The third-order valence-electron chi connectivity index (χ3n) is 4.50. The van der Waals surface area contributed by atoms with E-state index < -0.39 is 11.8 Å². The Morgan fingerprint density at radius 2 is 1.69 bits per heavy atom. The molecule has 150 valence electrons. The lowest BCUT2D eigenvalue weighted by molar-refractivity contribution is 0.100. The molecule has 0 saturated carbocycles. The van der Waals surface area contributed by atoms with Crippen LogP contribution >= 0.6 is 34.5 Å². The normalized spacial score (nSPS) is 11.3. The quantitative estimate of drug-likeness (QED) is 0.488. The van der Waals surface area contributed by atoms with Gasteiger partial charge in [-0.25, -0.2) is 0 Å². The van der Waals surface area contributed by atoms with Crippen molar-refractivity contribution in [1.82, 2.24) is 0 Å². The molecule has 0 bridgehead atoms. The summed E-state index contributed by atoms with van der Waals surface area (Å²) in [6, 6.07) is 12.6. The second-order valence-corrected chi connectivity index (χ2v) is 9.35. The van der Waals surface area contributed by atoms with E-state index in [1.54, 1.807) is 6.07 Å². The third-order valence-corrected chi connectivity index (χ3v) is 5.95. The molecule has 0 unspecified atom stereocenters. The fourth-order valence-electron chi connectivity index (χ4n) is 2.90. The summed E-state index contributed by atoms with van der Waals surface area (Å²) in [5.41, 5.74) is 8.91. The molecule has 0 fully saturated rings. The predicted octanol–water partition coefficient (Wildman–Crippen LogP) is 6.37. The van der Waals surface area contributed by atoms with Gasteiger partial charge in [-0.15, -0.1) is 11.3 Å². The number of amides is 2. The highest BCUT2D eigenvalue weighted by molar-refractivity contribution is 7.15. The van der Waals surface area contributed by atoms with Crippen molar-refractivity contribution in [2.75, 3.05) is 5.32 Å². The van der Waals surface area contributed by atoms with Gasteiger partial charge < -0.3 is 11.1 Å². The number of hydrogen-bond donors (Lipinski definition) is 2. The summed E-state index contributed by atoms with van der Waals surface area (Å²) < 4.78 is 0. The first-order valence-corrected chi connectivity index (χ1v) is 10.5. The first-order valence-electron chi connectivity index (χ1n) is 8.86. The minimum Gasteiger partial charge on any atom is -0.365 e. The predicted molar refractivity (Wildman–Crippen MR) is 121 cm³/mol. The van der Waals surface area contributed by atoms with E-state index in [0.717, 1.165) is 5.56 Å². The Kier molecular flexibility index (Phi) is 6.03. The second kappa shape index (κ2) is 8.19. The molecule has 1 heterocycles. The first-order chi connectivity index (χ1) is 13.6. The van der Waals surface area contributed by atoms with Gasteiger partial charge >= 0.3 is 0 Å². The van der Waals surface area contributed by atoms with Crippen LogP contribution in [-0.2, 0) is 5.41 Å². The van der Waals surface area contributed by atoms with Gasteiger partial charge in [0, 0.05) is 16.0 Å². The summed E-state index contributed by atoms with van der Waals surface area (Å²) >= 11 is 13.2. The highest BCUT2D eigenvalue weighted by Crippen LogP contribution is 2.37. The molecular weight excluding hydrogens is 427 g/mol. The van der Waals surface area contributed by atoms with Crippen LogP contribution in [0, 0.1) is 0 Å². The Balaban J connectivity index is 1.95. The monoisotopic (exact) mass is 446 g/mol. The van der Waals surface area contributed by atoms with Crippen LogP contribution in [0.4, 0.5) is 5.00 Å². The van der Waals surface area contributed by atoms with Gasteiger partial charge in [0.2, 0.25) is 0 Å². The van der Waals surface area contributed by atoms with Crippen LogP contribution in [-0.4, -0.2) is 11.8 Å². The van der Waals surface area contributed by atoms with Crippen LogP contribution in [0.15, 0.2) is 47.8 Å². The molecule has 2 amide bonds. The maximum atomic E-state index is 12.6. The Labute approximate surface area is 183 Å². The van der Waals surface area contributed by atoms with Gasteiger partial charge in [0.1, 0.15) is 5.00 Å². The van der Waals surface area contributed by atoms with Crippen LogP contribution in [0.1, 0.15) is 47.1 Å². The molecule has 3 N–H and O–H groups in total. The third kappa shape index (κ3) is 4.64. The van der Waals surface area contributed by atoms with E-state index in [0.29, 0.717) is 15.6 Å². The number of nitrogens with two attached hydrogens (primary N) is 1. The molecule has 3 aromatic rings. The molecule has 0 spiro atoms. The van der Waals surface area contributed by atoms with E-state index in [9.17, 15) is 9.59 Å². The highest BCUT2D eigenvalue weighted by Gasteiger charge is 2.22. The molecule has 0 aliphatic heterocycles. The average Bonchev–Trinajstić information content (AvgIpc) is 3.04. The fraction of sp³-hybridized carbons (Fsp3) is 0.182. The second-order valence-electron chi connectivity index (χ2n) is 7.62. The number of halogens is 2. The number of hydrogen-bond acceptors (Lipinski definition) is 3. The van der Waals surface area contributed by atoms with Crippen molar-refractivity contribution in [2.24, 2.45) is 5.73 Å². The Hall–Kier alpha value is -2.34. The SMILES string of the molecule is CC(C)(C)c1ccc(-c2csc(NC(=O)c3ccc(Cl)cc3Cl)c2C(N)=O)cc1. The Morgan fingerprint density at radius 1 is 1.03 bits per heavy atom. The number of benzene rings is 2. The molecule has 3 rings (SSSR count). The molecular formula is C22H20Cl2N2O2S. The van der Waals surface area contributed by atoms with E-state index in [4.69, 9.17) is 28.9 Å². The molecule has 0 saturated heterocycles. The number of carbonyl (C=O) groups is 2. The van der Waals surface area contributed by atoms with E-state index in [1.165, 1.54) is 29.0 Å². The fourth-order valence-corrected chi connectivity index (χ4v) is 4.36. The molecule has 4 nitrogen and oxygen atoms in total. The Morgan fingerprint density at radius 3 is 2.24 bits per heavy atom. The number of anilines is 1. The molecule has 29 heavy (non-hydrogen) atoms. The van der Waals surface area contributed by atoms with Gasteiger partial charge in [-0.05, 0) is 34.7 Å². The average molecular weight is 447 g/mol. The van der Waals surface area contributed by atoms with Crippen molar-refractivity contribution in [3.05, 3.63) is 74.6 Å². The van der Waals surface area contributed by atoms with Gasteiger partial charge in [0.25, 0.3) is 11.8 Å². The Bertz CT molecular complexity index is 1080. The number of nitrogens with one attached hydrogen (secondary N) is 1. The van der Waals surface area contributed by atoms with Gasteiger partial charge in [0.05, 0.1) is 16.1 Å².